The molecule has 2 rings (SSSR count). The van der Waals surface area contributed by atoms with E-state index < -0.39 is 0 Å². The number of aromatic nitrogens is 1. The molecule has 0 aliphatic carbocycles. The standard InChI is InChI=1S/C10H12ClNOS/c1-7-8(5-6-13-7)14-10-4-2-3-9(11)12-10/h2-4,7-8H,5-6H2,1H3. The molecule has 1 fully saturated rings. The fraction of sp³-hybridized carbons (Fsp3) is 0.500. The maximum absolute atomic E-state index is 5.81. The van der Waals surface area contributed by atoms with Crippen molar-refractivity contribution < 1.29 is 4.74 Å². The first-order valence-corrected chi connectivity index (χ1v) is 5.92. The summed E-state index contributed by atoms with van der Waals surface area (Å²) in [6.07, 6.45) is 1.42. The molecule has 2 unspecified atom stereocenters. The third-order valence-corrected chi connectivity index (χ3v) is 3.87. The van der Waals surface area contributed by atoms with Gasteiger partial charge < -0.3 is 4.74 Å². The second kappa shape index (κ2) is 4.51. The topological polar surface area (TPSA) is 22.1 Å². The lowest BCUT2D eigenvalue weighted by Gasteiger charge is -2.12. The lowest BCUT2D eigenvalue weighted by Crippen LogP contribution is -2.13. The van der Waals surface area contributed by atoms with Crippen LogP contribution in [0.25, 0.3) is 0 Å². The van der Waals surface area contributed by atoms with Gasteiger partial charge >= 0.3 is 0 Å². The number of nitrogens with zero attached hydrogens (tertiary/aromatic N) is 1. The van der Waals surface area contributed by atoms with Crippen LogP contribution in [-0.4, -0.2) is 22.9 Å². The molecule has 14 heavy (non-hydrogen) atoms. The Balaban J connectivity index is 2.03. The highest BCUT2D eigenvalue weighted by molar-refractivity contribution is 7.99. The maximum atomic E-state index is 5.81. The highest BCUT2D eigenvalue weighted by Gasteiger charge is 2.25. The zero-order valence-corrected chi connectivity index (χ0v) is 9.52. The van der Waals surface area contributed by atoms with Crippen LogP contribution in [0.2, 0.25) is 5.15 Å². The summed E-state index contributed by atoms with van der Waals surface area (Å²) >= 11 is 7.56. The van der Waals surface area contributed by atoms with Crippen LogP contribution in [0.5, 0.6) is 0 Å². The number of hydrogen-bond acceptors (Lipinski definition) is 3. The molecule has 0 spiro atoms. The van der Waals surface area contributed by atoms with Crippen LogP contribution in [0.15, 0.2) is 23.2 Å². The molecule has 1 aromatic heterocycles. The quantitative estimate of drug-likeness (QED) is 0.728. The van der Waals surface area contributed by atoms with E-state index in [1.54, 1.807) is 17.8 Å². The van der Waals surface area contributed by atoms with Gasteiger partial charge in [-0.1, -0.05) is 17.7 Å². The van der Waals surface area contributed by atoms with Crippen LogP contribution in [0.4, 0.5) is 0 Å². The van der Waals surface area contributed by atoms with Crippen molar-refractivity contribution in [3.8, 4) is 0 Å². The number of halogens is 1. The first kappa shape index (κ1) is 10.3. The van der Waals surface area contributed by atoms with Gasteiger partial charge in [0, 0.05) is 11.9 Å². The lowest BCUT2D eigenvalue weighted by atomic mass is 10.3. The number of hydrogen-bond donors (Lipinski definition) is 0. The molecule has 0 bridgehead atoms. The molecule has 0 saturated carbocycles. The van der Waals surface area contributed by atoms with Crippen molar-refractivity contribution in [1.29, 1.82) is 0 Å². The summed E-state index contributed by atoms with van der Waals surface area (Å²) in [6, 6.07) is 5.71. The molecule has 4 heteroatoms. The van der Waals surface area contributed by atoms with Crippen LogP contribution in [0.1, 0.15) is 13.3 Å². The number of thioether (sulfide) groups is 1. The Morgan fingerprint density at radius 2 is 2.43 bits per heavy atom. The van der Waals surface area contributed by atoms with E-state index in [1.807, 2.05) is 12.1 Å². The molecule has 2 nitrogen and oxygen atoms in total. The van der Waals surface area contributed by atoms with Crippen molar-refractivity contribution in [3.05, 3.63) is 23.4 Å². The molecule has 1 aliphatic rings. The molecule has 0 N–H and O–H groups in total. The SMILES string of the molecule is CC1OCCC1Sc1cccc(Cl)n1. The molecule has 2 heterocycles. The van der Waals surface area contributed by atoms with Gasteiger partial charge in [0.1, 0.15) is 5.15 Å². The highest BCUT2D eigenvalue weighted by Crippen LogP contribution is 2.31. The summed E-state index contributed by atoms with van der Waals surface area (Å²) in [6.45, 7) is 2.97. The van der Waals surface area contributed by atoms with Gasteiger partial charge in [0.2, 0.25) is 0 Å². The van der Waals surface area contributed by atoms with Crippen LogP contribution < -0.4 is 0 Å². The molecule has 2 atom stereocenters. The van der Waals surface area contributed by atoms with Crippen molar-refractivity contribution >= 4 is 23.4 Å². The van der Waals surface area contributed by atoms with E-state index in [0.717, 1.165) is 18.1 Å². The predicted octanol–water partition coefficient (Wildman–Crippen LogP) is 3.00. The van der Waals surface area contributed by atoms with Crippen molar-refractivity contribution in [2.45, 2.75) is 29.7 Å². The number of rotatable bonds is 2. The highest BCUT2D eigenvalue weighted by atomic mass is 35.5. The fourth-order valence-corrected chi connectivity index (χ4v) is 2.79. The van der Waals surface area contributed by atoms with Gasteiger partial charge in [-0.25, -0.2) is 4.98 Å². The molecule has 0 radical (unpaired) electrons. The molecule has 0 aromatic carbocycles. The normalized spacial score (nSPS) is 26.7. The van der Waals surface area contributed by atoms with Gasteiger partial charge in [-0.2, -0.15) is 0 Å². The zero-order chi connectivity index (χ0) is 9.97. The Kier molecular flexibility index (Phi) is 3.31. The number of pyridine rings is 1. The molecular formula is C10H12ClNOS. The Labute approximate surface area is 93.0 Å². The third-order valence-electron chi connectivity index (χ3n) is 2.27. The van der Waals surface area contributed by atoms with Gasteiger partial charge in [-0.3, -0.25) is 0 Å². The molecule has 1 aliphatic heterocycles. The van der Waals surface area contributed by atoms with Crippen molar-refractivity contribution in [1.82, 2.24) is 4.98 Å². The lowest BCUT2D eigenvalue weighted by molar-refractivity contribution is 0.127. The van der Waals surface area contributed by atoms with E-state index in [4.69, 9.17) is 16.3 Å². The second-order valence-electron chi connectivity index (χ2n) is 3.32. The Morgan fingerprint density at radius 1 is 1.57 bits per heavy atom. The van der Waals surface area contributed by atoms with Gasteiger partial charge in [0.15, 0.2) is 0 Å². The molecule has 1 aromatic rings. The average molecular weight is 230 g/mol. The second-order valence-corrected chi connectivity index (χ2v) is 4.97. The summed E-state index contributed by atoms with van der Waals surface area (Å²) in [5, 5.41) is 2.06. The van der Waals surface area contributed by atoms with Crippen LogP contribution in [-0.2, 0) is 4.74 Å². The molecule has 76 valence electrons. The van der Waals surface area contributed by atoms with Crippen LogP contribution in [0.3, 0.4) is 0 Å². The predicted molar refractivity (Wildman–Crippen MR) is 58.9 cm³/mol. The number of ether oxygens (including phenoxy) is 1. The molecule has 0 amide bonds. The Bertz CT molecular complexity index is 321. The smallest absolute Gasteiger partial charge is 0.130 e. The van der Waals surface area contributed by atoms with Gasteiger partial charge in [0.05, 0.1) is 11.1 Å². The minimum absolute atomic E-state index is 0.320. The average Bonchev–Trinajstić information content (AvgIpc) is 2.52. The van der Waals surface area contributed by atoms with Crippen molar-refractivity contribution in [2.24, 2.45) is 0 Å². The van der Waals surface area contributed by atoms with Crippen molar-refractivity contribution in [3.63, 3.8) is 0 Å². The van der Waals surface area contributed by atoms with E-state index in [9.17, 15) is 0 Å². The summed E-state index contributed by atoms with van der Waals surface area (Å²) < 4.78 is 5.49. The van der Waals surface area contributed by atoms with Crippen LogP contribution >= 0.6 is 23.4 Å². The van der Waals surface area contributed by atoms with E-state index in [-0.39, 0.29) is 0 Å². The first-order chi connectivity index (χ1) is 6.75. The fourth-order valence-electron chi connectivity index (χ4n) is 1.48. The summed E-state index contributed by atoms with van der Waals surface area (Å²) in [4.78, 5) is 4.24. The van der Waals surface area contributed by atoms with E-state index in [1.165, 1.54) is 0 Å². The third kappa shape index (κ3) is 2.41. The summed E-state index contributed by atoms with van der Waals surface area (Å²) in [5.74, 6) is 0. The van der Waals surface area contributed by atoms with Gasteiger partial charge in [-0.15, -0.1) is 11.8 Å². The summed E-state index contributed by atoms with van der Waals surface area (Å²) in [5.41, 5.74) is 0. The summed E-state index contributed by atoms with van der Waals surface area (Å²) in [7, 11) is 0. The maximum Gasteiger partial charge on any atom is 0.130 e. The largest absolute Gasteiger partial charge is 0.377 e. The molecular weight excluding hydrogens is 218 g/mol. The Hall–Kier alpha value is -0.250. The Morgan fingerprint density at radius 3 is 3.07 bits per heavy atom. The monoisotopic (exact) mass is 229 g/mol. The zero-order valence-electron chi connectivity index (χ0n) is 7.94. The van der Waals surface area contributed by atoms with E-state index in [2.05, 4.69) is 11.9 Å². The van der Waals surface area contributed by atoms with Gasteiger partial charge in [0.25, 0.3) is 0 Å². The van der Waals surface area contributed by atoms with Crippen molar-refractivity contribution in [2.75, 3.05) is 6.61 Å². The minimum atomic E-state index is 0.320. The molecule has 1 saturated heterocycles. The van der Waals surface area contributed by atoms with Gasteiger partial charge in [-0.05, 0) is 25.5 Å². The van der Waals surface area contributed by atoms with E-state index in [0.29, 0.717) is 16.5 Å². The van der Waals surface area contributed by atoms with E-state index >= 15 is 0 Å². The minimum Gasteiger partial charge on any atom is -0.377 e. The van der Waals surface area contributed by atoms with Crippen LogP contribution in [0, 0.1) is 0 Å². The first-order valence-electron chi connectivity index (χ1n) is 4.66.